The summed E-state index contributed by atoms with van der Waals surface area (Å²) in [5.41, 5.74) is 0.933. The maximum absolute atomic E-state index is 12.6. The molecule has 158 valence electrons. The lowest BCUT2D eigenvalue weighted by molar-refractivity contribution is -0.122. The van der Waals surface area contributed by atoms with Gasteiger partial charge in [-0.05, 0) is 35.7 Å². The highest BCUT2D eigenvalue weighted by Gasteiger charge is 2.35. The monoisotopic (exact) mass is 446 g/mol. The summed E-state index contributed by atoms with van der Waals surface area (Å²) in [4.78, 5) is 26.7. The van der Waals surface area contributed by atoms with Crippen molar-refractivity contribution in [3.8, 4) is 6.07 Å². The van der Waals surface area contributed by atoms with Gasteiger partial charge >= 0.3 is 0 Å². The van der Waals surface area contributed by atoms with Gasteiger partial charge in [-0.15, -0.1) is 11.3 Å². The number of nitriles is 1. The van der Waals surface area contributed by atoms with Crippen LogP contribution in [-0.2, 0) is 19.6 Å². The number of anilines is 2. The number of sulfonamides is 1. The average Bonchev–Trinajstić information content (AvgIpc) is 3.35. The molecule has 2 aromatic rings. The minimum absolute atomic E-state index is 0.0542. The second kappa shape index (κ2) is 8.95. The highest BCUT2D eigenvalue weighted by molar-refractivity contribution is 7.89. The maximum Gasteiger partial charge on any atom is 0.243 e. The van der Waals surface area contributed by atoms with Crippen molar-refractivity contribution in [1.82, 2.24) is 4.31 Å². The van der Waals surface area contributed by atoms with Crippen LogP contribution < -0.4 is 10.2 Å². The van der Waals surface area contributed by atoms with Crippen LogP contribution in [0.4, 0.5) is 10.7 Å². The molecule has 1 atom stereocenters. The molecule has 1 fully saturated rings. The molecule has 0 saturated carbocycles. The van der Waals surface area contributed by atoms with Gasteiger partial charge in [0.2, 0.25) is 21.8 Å². The number of nitrogens with one attached hydrogen (secondary N) is 1. The van der Waals surface area contributed by atoms with Crippen LogP contribution in [0.2, 0.25) is 0 Å². The number of benzene rings is 1. The Balaban J connectivity index is 1.72. The molecule has 2 heterocycles. The predicted molar refractivity (Wildman–Crippen MR) is 115 cm³/mol. The van der Waals surface area contributed by atoms with E-state index in [0.717, 1.165) is 0 Å². The summed E-state index contributed by atoms with van der Waals surface area (Å²) < 4.78 is 26.6. The highest BCUT2D eigenvalue weighted by Crippen LogP contribution is 2.29. The second-order valence-electron chi connectivity index (χ2n) is 6.75. The Morgan fingerprint density at radius 3 is 2.53 bits per heavy atom. The van der Waals surface area contributed by atoms with E-state index in [2.05, 4.69) is 5.32 Å². The highest BCUT2D eigenvalue weighted by atomic mass is 32.2. The SMILES string of the molecule is CCN(CC)S(=O)(=O)c1ccc(N2C[C@H](C(=O)Nc3sccc3C#N)CC2=O)cc1. The second-order valence-corrected chi connectivity index (χ2v) is 9.61. The number of carbonyl (C=O) groups excluding carboxylic acids is 2. The lowest BCUT2D eigenvalue weighted by Gasteiger charge is -2.20. The van der Waals surface area contributed by atoms with E-state index in [-0.39, 0.29) is 29.7 Å². The van der Waals surface area contributed by atoms with Crippen molar-refractivity contribution in [1.29, 1.82) is 5.26 Å². The molecule has 1 aromatic carbocycles. The molecule has 0 radical (unpaired) electrons. The molecule has 1 aliphatic rings. The first-order valence-corrected chi connectivity index (χ1v) is 11.8. The molecule has 0 bridgehead atoms. The molecular formula is C20H22N4O4S2. The fraction of sp³-hybridized carbons (Fsp3) is 0.350. The largest absolute Gasteiger partial charge is 0.316 e. The number of nitrogens with zero attached hydrogens (tertiary/aromatic N) is 3. The van der Waals surface area contributed by atoms with Gasteiger partial charge in [0.05, 0.1) is 16.4 Å². The summed E-state index contributed by atoms with van der Waals surface area (Å²) in [6.45, 7) is 4.50. The molecule has 0 spiro atoms. The lowest BCUT2D eigenvalue weighted by atomic mass is 10.1. The van der Waals surface area contributed by atoms with Crippen LogP contribution in [0.3, 0.4) is 0 Å². The van der Waals surface area contributed by atoms with Crippen molar-refractivity contribution >= 4 is 43.9 Å². The molecule has 10 heteroatoms. The summed E-state index contributed by atoms with van der Waals surface area (Å²) in [6.07, 6.45) is 0.0542. The normalized spacial score (nSPS) is 16.7. The Morgan fingerprint density at radius 1 is 1.27 bits per heavy atom. The first-order chi connectivity index (χ1) is 14.3. The van der Waals surface area contributed by atoms with Crippen molar-refractivity contribution in [3.63, 3.8) is 0 Å². The van der Waals surface area contributed by atoms with E-state index >= 15 is 0 Å². The van der Waals surface area contributed by atoms with E-state index < -0.39 is 15.9 Å². The molecule has 1 aromatic heterocycles. The van der Waals surface area contributed by atoms with Gasteiger partial charge < -0.3 is 10.2 Å². The van der Waals surface area contributed by atoms with E-state index in [1.165, 1.54) is 32.7 Å². The molecule has 30 heavy (non-hydrogen) atoms. The van der Waals surface area contributed by atoms with E-state index in [9.17, 15) is 18.0 Å². The van der Waals surface area contributed by atoms with Crippen molar-refractivity contribution in [3.05, 3.63) is 41.3 Å². The standard InChI is InChI=1S/C20H22N4O4S2/c1-3-23(4-2)30(27,28)17-7-5-16(6-8-17)24-13-15(11-18(24)25)19(26)22-20-14(12-21)9-10-29-20/h5-10,15H,3-4,11,13H2,1-2H3,(H,22,26)/t15-/m1/s1. The van der Waals surface area contributed by atoms with Crippen molar-refractivity contribution in [2.75, 3.05) is 29.9 Å². The van der Waals surface area contributed by atoms with Crippen molar-refractivity contribution in [2.24, 2.45) is 5.92 Å². The Morgan fingerprint density at radius 2 is 1.93 bits per heavy atom. The summed E-state index contributed by atoms with van der Waals surface area (Å²) in [5.74, 6) is -1.07. The van der Waals surface area contributed by atoms with E-state index in [1.54, 1.807) is 37.4 Å². The molecule has 1 aliphatic heterocycles. The smallest absolute Gasteiger partial charge is 0.243 e. The van der Waals surface area contributed by atoms with Gasteiger partial charge in [0.1, 0.15) is 11.1 Å². The number of carbonyl (C=O) groups is 2. The van der Waals surface area contributed by atoms with Gasteiger partial charge in [-0.2, -0.15) is 9.57 Å². The predicted octanol–water partition coefficient (Wildman–Crippen LogP) is 2.64. The number of rotatable bonds is 7. The first kappa shape index (κ1) is 22.0. The first-order valence-electron chi connectivity index (χ1n) is 9.50. The maximum atomic E-state index is 12.6. The van der Waals surface area contributed by atoms with Crippen LogP contribution in [0.1, 0.15) is 25.8 Å². The minimum atomic E-state index is -3.57. The van der Waals surface area contributed by atoms with Crippen molar-refractivity contribution in [2.45, 2.75) is 25.2 Å². The van der Waals surface area contributed by atoms with Crippen molar-refractivity contribution < 1.29 is 18.0 Å². The molecule has 1 saturated heterocycles. The fourth-order valence-corrected chi connectivity index (χ4v) is 5.55. The van der Waals surface area contributed by atoms with E-state index in [4.69, 9.17) is 5.26 Å². The molecular weight excluding hydrogens is 424 g/mol. The quantitative estimate of drug-likeness (QED) is 0.703. The summed E-state index contributed by atoms with van der Waals surface area (Å²) in [6, 6.07) is 9.77. The Bertz CT molecular complexity index is 1080. The molecule has 2 amide bonds. The van der Waals surface area contributed by atoms with Gasteiger partial charge in [0.25, 0.3) is 0 Å². The summed E-state index contributed by atoms with van der Waals surface area (Å²) >= 11 is 1.26. The van der Waals surface area contributed by atoms with Gasteiger partial charge in [0, 0.05) is 31.7 Å². The van der Waals surface area contributed by atoms with Gasteiger partial charge in [-0.3, -0.25) is 9.59 Å². The summed E-state index contributed by atoms with van der Waals surface area (Å²) in [7, 11) is -3.57. The third-order valence-electron chi connectivity index (χ3n) is 5.01. The zero-order chi connectivity index (χ0) is 21.9. The number of hydrogen-bond donors (Lipinski definition) is 1. The third kappa shape index (κ3) is 4.23. The topological polar surface area (TPSA) is 111 Å². The molecule has 8 nitrogen and oxygen atoms in total. The number of amides is 2. The fourth-order valence-electron chi connectivity index (χ4n) is 3.35. The van der Waals surface area contributed by atoms with Crippen LogP contribution in [0.5, 0.6) is 0 Å². The van der Waals surface area contributed by atoms with Crippen LogP contribution in [-0.4, -0.2) is 44.2 Å². The van der Waals surface area contributed by atoms with Crippen LogP contribution in [0, 0.1) is 17.2 Å². The molecule has 0 aliphatic carbocycles. The number of thiophene rings is 1. The zero-order valence-electron chi connectivity index (χ0n) is 16.7. The molecule has 0 unspecified atom stereocenters. The average molecular weight is 447 g/mol. The number of hydrogen-bond acceptors (Lipinski definition) is 6. The van der Waals surface area contributed by atoms with Crippen LogP contribution >= 0.6 is 11.3 Å². The Labute approximate surface area is 179 Å². The molecule has 1 N–H and O–H groups in total. The van der Waals surface area contributed by atoms with E-state index in [0.29, 0.717) is 29.3 Å². The van der Waals surface area contributed by atoms with Gasteiger partial charge in [-0.25, -0.2) is 8.42 Å². The third-order valence-corrected chi connectivity index (χ3v) is 7.90. The van der Waals surface area contributed by atoms with Gasteiger partial charge in [-0.1, -0.05) is 13.8 Å². The summed E-state index contributed by atoms with van der Waals surface area (Å²) in [5, 5.41) is 14.0. The molecule has 3 rings (SSSR count). The Kier molecular flexibility index (Phi) is 6.55. The minimum Gasteiger partial charge on any atom is -0.316 e. The zero-order valence-corrected chi connectivity index (χ0v) is 18.3. The van der Waals surface area contributed by atoms with Crippen LogP contribution in [0.25, 0.3) is 0 Å². The Hall–Kier alpha value is -2.74. The lowest BCUT2D eigenvalue weighted by Crippen LogP contribution is -2.31. The van der Waals surface area contributed by atoms with Crippen LogP contribution in [0.15, 0.2) is 40.6 Å². The van der Waals surface area contributed by atoms with Gasteiger partial charge in [0.15, 0.2) is 0 Å². The van der Waals surface area contributed by atoms with E-state index in [1.807, 2.05) is 6.07 Å².